The fourth-order valence-electron chi connectivity index (χ4n) is 2.79. The van der Waals surface area contributed by atoms with E-state index in [2.05, 4.69) is 15.0 Å². The Hall–Kier alpha value is -3.18. The predicted octanol–water partition coefficient (Wildman–Crippen LogP) is 3.96. The van der Waals surface area contributed by atoms with Crippen molar-refractivity contribution in [3.05, 3.63) is 48.5 Å². The summed E-state index contributed by atoms with van der Waals surface area (Å²) in [7, 11) is 0. The number of carbonyl (C=O) groups is 2. The van der Waals surface area contributed by atoms with Crippen LogP contribution in [0.5, 0.6) is 5.75 Å². The first kappa shape index (κ1) is 23.5. The number of ether oxygens (including phenoxy) is 1. The number of nitrogens with two attached hydrogens (primary N) is 1. The Bertz CT molecular complexity index is 1100. The Labute approximate surface area is 186 Å². The maximum absolute atomic E-state index is 13.0. The van der Waals surface area contributed by atoms with E-state index < -0.39 is 24.2 Å². The van der Waals surface area contributed by atoms with Crippen LogP contribution in [0.15, 0.2) is 48.5 Å². The molecule has 0 aliphatic heterocycles. The third kappa shape index (κ3) is 5.74. The quantitative estimate of drug-likeness (QED) is 0.549. The van der Waals surface area contributed by atoms with Crippen LogP contribution in [0.3, 0.4) is 0 Å². The van der Waals surface area contributed by atoms with Crippen molar-refractivity contribution in [1.29, 1.82) is 0 Å². The zero-order valence-electron chi connectivity index (χ0n) is 17.2. The highest BCUT2D eigenvalue weighted by molar-refractivity contribution is 7.22. The van der Waals surface area contributed by atoms with Crippen molar-refractivity contribution in [3.8, 4) is 5.75 Å². The number of anilines is 2. The van der Waals surface area contributed by atoms with E-state index in [1.54, 1.807) is 44.2 Å². The summed E-state index contributed by atoms with van der Waals surface area (Å²) in [5.41, 5.74) is 6.71. The molecule has 32 heavy (non-hydrogen) atoms. The lowest BCUT2D eigenvalue weighted by molar-refractivity contribution is -0.274. The van der Waals surface area contributed by atoms with Crippen LogP contribution >= 0.6 is 11.3 Å². The summed E-state index contributed by atoms with van der Waals surface area (Å²) in [6.07, 6.45) is -4.82. The van der Waals surface area contributed by atoms with Gasteiger partial charge in [0.2, 0.25) is 5.91 Å². The van der Waals surface area contributed by atoms with Gasteiger partial charge in [-0.1, -0.05) is 43.4 Å². The number of carbonyl (C=O) groups excluding carboxylic acids is 2. The number of benzene rings is 2. The van der Waals surface area contributed by atoms with Crippen LogP contribution in [0.1, 0.15) is 13.8 Å². The maximum atomic E-state index is 13.0. The Morgan fingerprint density at radius 3 is 2.50 bits per heavy atom. The number of amides is 2. The summed E-state index contributed by atoms with van der Waals surface area (Å²) >= 11 is 1.02. The van der Waals surface area contributed by atoms with Crippen molar-refractivity contribution in [2.75, 3.05) is 11.4 Å². The zero-order chi connectivity index (χ0) is 23.5. The van der Waals surface area contributed by atoms with Gasteiger partial charge in [-0.25, -0.2) is 4.98 Å². The van der Waals surface area contributed by atoms with Gasteiger partial charge in [-0.2, -0.15) is 0 Å². The Morgan fingerprint density at radius 2 is 1.88 bits per heavy atom. The summed E-state index contributed by atoms with van der Waals surface area (Å²) < 4.78 is 41.9. The van der Waals surface area contributed by atoms with Crippen LogP contribution < -0.4 is 20.7 Å². The van der Waals surface area contributed by atoms with Gasteiger partial charge in [0.05, 0.1) is 28.5 Å². The van der Waals surface area contributed by atoms with E-state index in [4.69, 9.17) is 5.73 Å². The highest BCUT2D eigenvalue weighted by atomic mass is 32.1. The van der Waals surface area contributed by atoms with Crippen LogP contribution in [0.2, 0.25) is 0 Å². The third-order valence-electron chi connectivity index (χ3n) is 4.47. The van der Waals surface area contributed by atoms with Crippen LogP contribution in [0, 0.1) is 5.92 Å². The van der Waals surface area contributed by atoms with Gasteiger partial charge < -0.3 is 15.8 Å². The number of thiazole rings is 1. The fourth-order valence-corrected chi connectivity index (χ4v) is 3.82. The second-order valence-electron chi connectivity index (χ2n) is 7.23. The predicted molar refractivity (Wildman–Crippen MR) is 116 cm³/mol. The molecule has 1 aromatic heterocycles. The number of nitrogens with one attached hydrogen (secondary N) is 1. The molecule has 1 unspecified atom stereocenters. The number of nitrogens with zero attached hydrogens (tertiary/aromatic N) is 2. The first-order valence-corrected chi connectivity index (χ1v) is 10.4. The van der Waals surface area contributed by atoms with Crippen molar-refractivity contribution in [3.63, 3.8) is 0 Å². The molecule has 7 nitrogen and oxygen atoms in total. The molecule has 3 aromatic rings. The van der Waals surface area contributed by atoms with E-state index in [1.807, 2.05) is 0 Å². The number of fused-ring (bicyclic) bond motifs is 1. The van der Waals surface area contributed by atoms with Crippen molar-refractivity contribution < 1.29 is 27.5 Å². The SMILES string of the molecule is CC(C)C(N)C(=O)NCC(=O)N(c1ccccc1)c1nc2ccc(OC(F)(F)F)cc2s1. The van der Waals surface area contributed by atoms with E-state index in [9.17, 15) is 22.8 Å². The van der Waals surface area contributed by atoms with Crippen molar-refractivity contribution in [1.82, 2.24) is 10.3 Å². The Balaban J connectivity index is 1.90. The van der Waals surface area contributed by atoms with Gasteiger partial charge in [-0.05, 0) is 30.2 Å². The molecule has 0 saturated heterocycles. The highest BCUT2D eigenvalue weighted by Gasteiger charge is 2.31. The molecule has 1 heterocycles. The van der Waals surface area contributed by atoms with Crippen LogP contribution in [-0.2, 0) is 9.59 Å². The molecule has 0 bridgehead atoms. The Morgan fingerprint density at radius 1 is 1.19 bits per heavy atom. The van der Waals surface area contributed by atoms with Crippen LogP contribution in [0.4, 0.5) is 24.0 Å². The molecule has 3 rings (SSSR count). The number of hydrogen-bond acceptors (Lipinski definition) is 6. The van der Waals surface area contributed by atoms with E-state index >= 15 is 0 Å². The second-order valence-corrected chi connectivity index (χ2v) is 8.24. The second kappa shape index (κ2) is 9.53. The van der Waals surface area contributed by atoms with Gasteiger partial charge in [0.15, 0.2) is 5.13 Å². The summed E-state index contributed by atoms with van der Waals surface area (Å²) in [5, 5.41) is 2.77. The molecule has 0 fully saturated rings. The molecule has 0 spiro atoms. The van der Waals surface area contributed by atoms with E-state index in [1.165, 1.54) is 17.0 Å². The smallest absolute Gasteiger partial charge is 0.406 e. The lowest BCUT2D eigenvalue weighted by atomic mass is 10.1. The molecule has 3 N–H and O–H groups in total. The largest absolute Gasteiger partial charge is 0.573 e. The highest BCUT2D eigenvalue weighted by Crippen LogP contribution is 2.36. The zero-order valence-corrected chi connectivity index (χ0v) is 18.0. The minimum Gasteiger partial charge on any atom is -0.406 e. The molecule has 2 aromatic carbocycles. The molecule has 0 aliphatic carbocycles. The van der Waals surface area contributed by atoms with Gasteiger partial charge in [0.1, 0.15) is 5.75 Å². The summed E-state index contributed by atoms with van der Waals surface area (Å²) in [6.45, 7) is 3.26. The van der Waals surface area contributed by atoms with Crippen molar-refractivity contribution >= 4 is 44.2 Å². The number of hydrogen-bond donors (Lipinski definition) is 2. The van der Waals surface area contributed by atoms with Crippen molar-refractivity contribution in [2.45, 2.75) is 26.3 Å². The van der Waals surface area contributed by atoms with Crippen molar-refractivity contribution in [2.24, 2.45) is 11.7 Å². The average Bonchev–Trinajstić information content (AvgIpc) is 3.13. The summed E-state index contributed by atoms with van der Waals surface area (Å²) in [6, 6.07) is 11.6. The first-order valence-electron chi connectivity index (χ1n) is 9.63. The molecular weight excluding hydrogens is 445 g/mol. The van der Waals surface area contributed by atoms with E-state index in [-0.39, 0.29) is 23.3 Å². The standard InChI is InChI=1S/C21H21F3N4O3S/c1-12(2)18(25)19(30)26-11-17(29)28(13-6-4-3-5-7-13)20-27-15-9-8-14(10-16(15)32-20)31-21(22,23)24/h3-10,12,18H,11,25H2,1-2H3,(H,26,30). The monoisotopic (exact) mass is 466 g/mol. The number of halogens is 3. The average molecular weight is 466 g/mol. The van der Waals surface area contributed by atoms with Gasteiger partial charge in [0, 0.05) is 6.07 Å². The number of aromatic nitrogens is 1. The van der Waals surface area contributed by atoms with Crippen LogP contribution in [-0.4, -0.2) is 35.7 Å². The number of rotatable bonds is 7. The van der Waals surface area contributed by atoms with Gasteiger partial charge >= 0.3 is 6.36 Å². The summed E-state index contributed by atoms with van der Waals surface area (Å²) in [4.78, 5) is 30.9. The number of alkyl halides is 3. The Kier molecular flexibility index (Phi) is 6.99. The summed E-state index contributed by atoms with van der Waals surface area (Å²) in [5.74, 6) is -1.42. The van der Waals surface area contributed by atoms with E-state index in [0.717, 1.165) is 17.4 Å². The molecule has 0 radical (unpaired) electrons. The van der Waals surface area contributed by atoms with Gasteiger partial charge in [-0.3, -0.25) is 14.5 Å². The minimum absolute atomic E-state index is 0.104. The molecule has 2 amide bonds. The van der Waals surface area contributed by atoms with E-state index in [0.29, 0.717) is 15.9 Å². The minimum atomic E-state index is -4.82. The molecule has 1 atom stereocenters. The molecular formula is C21H21F3N4O3S. The molecule has 11 heteroatoms. The lowest BCUT2D eigenvalue weighted by Gasteiger charge is -2.21. The molecule has 170 valence electrons. The van der Waals surface area contributed by atoms with Gasteiger partial charge in [0.25, 0.3) is 5.91 Å². The van der Waals surface area contributed by atoms with Crippen LogP contribution in [0.25, 0.3) is 10.2 Å². The number of para-hydroxylation sites is 1. The first-order chi connectivity index (χ1) is 15.0. The fraction of sp³-hybridized carbons (Fsp3) is 0.286. The normalized spacial score (nSPS) is 12.6. The maximum Gasteiger partial charge on any atom is 0.573 e. The third-order valence-corrected chi connectivity index (χ3v) is 5.48. The lowest BCUT2D eigenvalue weighted by Crippen LogP contribution is -2.47. The van der Waals surface area contributed by atoms with Gasteiger partial charge in [-0.15, -0.1) is 13.2 Å². The molecule has 0 aliphatic rings. The topological polar surface area (TPSA) is 97.5 Å². The molecule has 0 saturated carbocycles.